The van der Waals surface area contributed by atoms with Crippen molar-refractivity contribution in [3.63, 3.8) is 0 Å². The lowest BCUT2D eigenvalue weighted by Gasteiger charge is -2.37. The van der Waals surface area contributed by atoms with Crippen molar-refractivity contribution in [2.45, 2.75) is 13.5 Å². The smallest absolute Gasteiger partial charge is 0.207 e. The van der Waals surface area contributed by atoms with E-state index in [9.17, 15) is 4.79 Å². The first-order valence-corrected chi connectivity index (χ1v) is 8.09. The Balaban J connectivity index is 1.58. The van der Waals surface area contributed by atoms with E-state index in [0.29, 0.717) is 6.54 Å². The molecule has 4 nitrogen and oxygen atoms in total. The van der Waals surface area contributed by atoms with E-state index < -0.39 is 0 Å². The summed E-state index contributed by atoms with van der Waals surface area (Å²) in [6, 6.07) is 17.2. The zero-order chi connectivity index (χ0) is 16.1. The van der Waals surface area contributed by atoms with E-state index in [1.165, 1.54) is 16.9 Å². The second-order valence-electron chi connectivity index (χ2n) is 5.97. The highest BCUT2D eigenvalue weighted by Gasteiger charge is 2.17. The topological polar surface area (TPSA) is 35.6 Å². The molecule has 0 aromatic heterocycles. The lowest BCUT2D eigenvalue weighted by molar-refractivity contribution is -0.109. The van der Waals surface area contributed by atoms with Crippen molar-refractivity contribution in [3.8, 4) is 0 Å². The van der Waals surface area contributed by atoms with Gasteiger partial charge in [0.1, 0.15) is 0 Å². The molecular weight excluding hydrogens is 286 g/mol. The minimum Gasteiger partial charge on any atom is -0.368 e. The van der Waals surface area contributed by atoms with Gasteiger partial charge >= 0.3 is 0 Å². The van der Waals surface area contributed by atoms with Crippen molar-refractivity contribution in [2.24, 2.45) is 0 Å². The van der Waals surface area contributed by atoms with Gasteiger partial charge in [0.2, 0.25) is 6.41 Å². The number of benzene rings is 2. The van der Waals surface area contributed by atoms with E-state index >= 15 is 0 Å². The molecule has 2 aromatic rings. The maximum atomic E-state index is 10.3. The molecule has 0 spiro atoms. The van der Waals surface area contributed by atoms with Crippen LogP contribution in [0, 0.1) is 6.92 Å². The predicted octanol–water partition coefficient (Wildman–Crippen LogP) is 2.57. The van der Waals surface area contributed by atoms with Gasteiger partial charge in [-0.1, -0.05) is 29.8 Å². The monoisotopic (exact) mass is 309 g/mol. The van der Waals surface area contributed by atoms with Gasteiger partial charge in [0, 0.05) is 44.1 Å². The average Bonchev–Trinajstić information content (AvgIpc) is 2.61. The molecule has 0 radical (unpaired) electrons. The number of hydrogen-bond donors (Lipinski definition) is 1. The molecule has 1 saturated heterocycles. The summed E-state index contributed by atoms with van der Waals surface area (Å²) in [4.78, 5) is 15.2. The molecule has 2 aromatic carbocycles. The third-order valence-electron chi connectivity index (χ3n) is 4.37. The lowest BCUT2D eigenvalue weighted by atomic mass is 10.1. The number of amides is 1. The molecule has 3 rings (SSSR count). The molecule has 0 unspecified atom stereocenters. The zero-order valence-electron chi connectivity index (χ0n) is 13.5. The van der Waals surface area contributed by atoms with Crippen LogP contribution in [0.3, 0.4) is 0 Å². The van der Waals surface area contributed by atoms with Gasteiger partial charge < -0.3 is 15.1 Å². The van der Waals surface area contributed by atoms with Gasteiger partial charge in [-0.2, -0.15) is 0 Å². The van der Waals surface area contributed by atoms with Crippen LogP contribution >= 0.6 is 0 Å². The number of aryl methyl sites for hydroxylation is 1. The Morgan fingerprint density at radius 3 is 1.83 bits per heavy atom. The fraction of sp³-hybridized carbons (Fsp3) is 0.316. The Bertz CT molecular complexity index is 629. The largest absolute Gasteiger partial charge is 0.368 e. The fourth-order valence-corrected chi connectivity index (χ4v) is 2.96. The van der Waals surface area contributed by atoms with Gasteiger partial charge in [-0.05, 0) is 36.8 Å². The summed E-state index contributed by atoms with van der Waals surface area (Å²) in [7, 11) is 0. The first-order valence-electron chi connectivity index (χ1n) is 8.09. The van der Waals surface area contributed by atoms with Crippen molar-refractivity contribution < 1.29 is 4.79 Å². The molecule has 0 saturated carbocycles. The third-order valence-corrected chi connectivity index (χ3v) is 4.37. The SMILES string of the molecule is Cc1ccc(N2CCN(c3ccc(CNC=O)cc3)CC2)cc1. The Labute approximate surface area is 137 Å². The summed E-state index contributed by atoms with van der Waals surface area (Å²) in [6.07, 6.45) is 0.734. The molecule has 120 valence electrons. The summed E-state index contributed by atoms with van der Waals surface area (Å²) in [5, 5.41) is 2.69. The van der Waals surface area contributed by atoms with Crippen LogP contribution in [-0.4, -0.2) is 32.6 Å². The molecule has 4 heteroatoms. The molecule has 23 heavy (non-hydrogen) atoms. The van der Waals surface area contributed by atoms with Crippen LogP contribution in [0.4, 0.5) is 11.4 Å². The number of carbonyl (C=O) groups is 1. The molecule has 1 N–H and O–H groups in total. The quantitative estimate of drug-likeness (QED) is 0.862. The van der Waals surface area contributed by atoms with Crippen LogP contribution in [0.5, 0.6) is 0 Å². The van der Waals surface area contributed by atoms with Gasteiger partial charge in [-0.25, -0.2) is 0 Å². The summed E-state index contributed by atoms with van der Waals surface area (Å²) in [6.45, 7) is 6.84. The number of hydrogen-bond acceptors (Lipinski definition) is 3. The molecule has 1 fully saturated rings. The number of nitrogens with zero attached hydrogens (tertiary/aromatic N) is 2. The normalized spacial score (nSPS) is 14.7. The highest BCUT2D eigenvalue weighted by molar-refractivity contribution is 5.53. The number of piperazine rings is 1. The molecule has 1 aliphatic rings. The molecule has 0 bridgehead atoms. The van der Waals surface area contributed by atoms with Gasteiger partial charge in [0.05, 0.1) is 0 Å². The van der Waals surface area contributed by atoms with Gasteiger partial charge in [0.25, 0.3) is 0 Å². The molecular formula is C19H23N3O. The van der Waals surface area contributed by atoms with Crippen LogP contribution in [-0.2, 0) is 11.3 Å². The third kappa shape index (κ3) is 3.83. The zero-order valence-corrected chi connectivity index (χ0v) is 13.5. The average molecular weight is 309 g/mol. The molecule has 0 atom stereocenters. The van der Waals surface area contributed by atoms with Crippen molar-refractivity contribution in [1.82, 2.24) is 5.32 Å². The first-order chi connectivity index (χ1) is 11.3. The molecule has 1 heterocycles. The fourth-order valence-electron chi connectivity index (χ4n) is 2.96. The summed E-state index contributed by atoms with van der Waals surface area (Å²) < 4.78 is 0. The molecule has 1 aliphatic heterocycles. The highest BCUT2D eigenvalue weighted by Crippen LogP contribution is 2.21. The van der Waals surface area contributed by atoms with Crippen molar-refractivity contribution in [1.29, 1.82) is 0 Å². The Kier molecular flexibility index (Phi) is 4.81. The van der Waals surface area contributed by atoms with Crippen LogP contribution in [0.15, 0.2) is 48.5 Å². The maximum absolute atomic E-state index is 10.3. The van der Waals surface area contributed by atoms with Gasteiger partial charge in [-0.15, -0.1) is 0 Å². The van der Waals surface area contributed by atoms with Crippen LogP contribution < -0.4 is 15.1 Å². The van der Waals surface area contributed by atoms with E-state index in [1.54, 1.807) is 0 Å². The standard InChI is InChI=1S/C19H23N3O/c1-16-2-6-18(7-3-16)21-10-12-22(13-11-21)19-8-4-17(5-9-19)14-20-15-23/h2-9,15H,10-14H2,1H3,(H,20,23). The summed E-state index contributed by atoms with van der Waals surface area (Å²) in [5.41, 5.74) is 4.99. The number of nitrogens with one attached hydrogen (secondary N) is 1. The predicted molar refractivity (Wildman–Crippen MR) is 95.0 cm³/mol. The van der Waals surface area contributed by atoms with Crippen LogP contribution in [0.1, 0.15) is 11.1 Å². The minimum atomic E-state index is 0.588. The Hall–Kier alpha value is -2.49. The molecule has 0 aliphatic carbocycles. The van der Waals surface area contributed by atoms with E-state index in [-0.39, 0.29) is 0 Å². The Morgan fingerprint density at radius 1 is 0.870 bits per heavy atom. The van der Waals surface area contributed by atoms with Crippen LogP contribution in [0.25, 0.3) is 0 Å². The Morgan fingerprint density at radius 2 is 1.35 bits per heavy atom. The number of anilines is 2. The number of carbonyl (C=O) groups excluding carboxylic acids is 1. The minimum absolute atomic E-state index is 0.588. The molecule has 1 amide bonds. The highest BCUT2D eigenvalue weighted by atomic mass is 16.1. The maximum Gasteiger partial charge on any atom is 0.207 e. The number of rotatable bonds is 5. The van der Waals surface area contributed by atoms with Gasteiger partial charge in [0.15, 0.2) is 0 Å². The van der Waals surface area contributed by atoms with Crippen LogP contribution in [0.2, 0.25) is 0 Å². The van der Waals surface area contributed by atoms with Gasteiger partial charge in [-0.3, -0.25) is 4.79 Å². The van der Waals surface area contributed by atoms with E-state index in [0.717, 1.165) is 38.2 Å². The van der Waals surface area contributed by atoms with Crippen molar-refractivity contribution in [3.05, 3.63) is 59.7 Å². The van der Waals surface area contributed by atoms with Crippen molar-refractivity contribution in [2.75, 3.05) is 36.0 Å². The lowest BCUT2D eigenvalue weighted by Crippen LogP contribution is -2.46. The van der Waals surface area contributed by atoms with Crippen molar-refractivity contribution >= 4 is 17.8 Å². The second-order valence-corrected chi connectivity index (χ2v) is 5.97. The second kappa shape index (κ2) is 7.18. The summed E-state index contributed by atoms with van der Waals surface area (Å²) >= 11 is 0. The summed E-state index contributed by atoms with van der Waals surface area (Å²) in [5.74, 6) is 0. The van der Waals surface area contributed by atoms with E-state index in [1.807, 2.05) is 0 Å². The van der Waals surface area contributed by atoms with E-state index in [2.05, 4.69) is 70.6 Å². The first kappa shape index (κ1) is 15.4. The van der Waals surface area contributed by atoms with E-state index in [4.69, 9.17) is 0 Å².